The standard InChI is InChI=1S/C17H18ClN/c1-11-3-5-13-6-8-16(15(13)9-11)19-17-10-14(18)7-4-12(17)2/h3-5,7,9-10,16,19H,6,8H2,1-2H3. The maximum Gasteiger partial charge on any atom is 0.0519 e. The van der Waals surface area contributed by atoms with Gasteiger partial charge in [-0.2, -0.15) is 0 Å². The van der Waals surface area contributed by atoms with Crippen LogP contribution in [0.15, 0.2) is 36.4 Å². The predicted molar refractivity (Wildman–Crippen MR) is 82.1 cm³/mol. The van der Waals surface area contributed by atoms with Gasteiger partial charge in [0.15, 0.2) is 0 Å². The zero-order valence-electron chi connectivity index (χ0n) is 11.3. The molecule has 2 aromatic rings. The van der Waals surface area contributed by atoms with Crippen LogP contribution in [0.2, 0.25) is 5.02 Å². The van der Waals surface area contributed by atoms with E-state index in [1.807, 2.05) is 12.1 Å². The summed E-state index contributed by atoms with van der Waals surface area (Å²) >= 11 is 6.09. The highest BCUT2D eigenvalue weighted by atomic mass is 35.5. The Hall–Kier alpha value is -1.47. The van der Waals surface area contributed by atoms with Crippen LogP contribution < -0.4 is 5.32 Å². The molecule has 0 bridgehead atoms. The van der Waals surface area contributed by atoms with Crippen molar-refractivity contribution in [1.29, 1.82) is 0 Å². The van der Waals surface area contributed by atoms with Gasteiger partial charge in [-0.3, -0.25) is 0 Å². The van der Waals surface area contributed by atoms with Crippen molar-refractivity contribution in [2.24, 2.45) is 0 Å². The molecule has 1 aliphatic rings. The van der Waals surface area contributed by atoms with E-state index in [-0.39, 0.29) is 0 Å². The quantitative estimate of drug-likeness (QED) is 0.805. The van der Waals surface area contributed by atoms with Crippen LogP contribution in [-0.2, 0) is 6.42 Å². The molecule has 0 spiro atoms. The SMILES string of the molecule is Cc1ccc2c(c1)C(Nc1cc(Cl)ccc1C)CC2. The number of fused-ring (bicyclic) bond motifs is 1. The van der Waals surface area contributed by atoms with Gasteiger partial charge in [0.1, 0.15) is 0 Å². The minimum absolute atomic E-state index is 0.409. The van der Waals surface area contributed by atoms with Crippen LogP contribution in [0.25, 0.3) is 0 Å². The predicted octanol–water partition coefficient (Wildman–Crippen LogP) is 5.06. The summed E-state index contributed by atoms with van der Waals surface area (Å²) in [5.41, 5.74) is 6.63. The van der Waals surface area contributed by atoms with E-state index in [0.717, 1.165) is 23.6 Å². The second-order valence-electron chi connectivity index (χ2n) is 5.40. The Morgan fingerprint density at radius 3 is 2.79 bits per heavy atom. The van der Waals surface area contributed by atoms with Crippen LogP contribution >= 0.6 is 11.6 Å². The lowest BCUT2D eigenvalue weighted by Crippen LogP contribution is -2.08. The highest BCUT2D eigenvalue weighted by Crippen LogP contribution is 2.35. The first-order valence-corrected chi connectivity index (χ1v) is 7.13. The Kier molecular flexibility index (Phi) is 3.24. The number of halogens is 1. The Bertz CT molecular complexity index is 619. The smallest absolute Gasteiger partial charge is 0.0519 e. The molecule has 1 nitrogen and oxygen atoms in total. The van der Waals surface area contributed by atoms with Crippen LogP contribution in [0.1, 0.15) is 34.7 Å². The number of aryl methyl sites for hydroxylation is 3. The van der Waals surface area contributed by atoms with Crippen LogP contribution in [0.4, 0.5) is 5.69 Å². The molecular formula is C17H18ClN. The normalized spacial score (nSPS) is 17.3. The van der Waals surface area contributed by atoms with Gasteiger partial charge in [0.25, 0.3) is 0 Å². The van der Waals surface area contributed by atoms with Crippen molar-refractivity contribution in [1.82, 2.24) is 0 Å². The first-order chi connectivity index (χ1) is 9.13. The van der Waals surface area contributed by atoms with Gasteiger partial charge < -0.3 is 5.32 Å². The lowest BCUT2D eigenvalue weighted by atomic mass is 10.0. The third-order valence-electron chi connectivity index (χ3n) is 3.91. The van der Waals surface area contributed by atoms with Crippen molar-refractivity contribution in [3.05, 3.63) is 63.7 Å². The Morgan fingerprint density at radius 1 is 1.11 bits per heavy atom. The van der Waals surface area contributed by atoms with Gasteiger partial charge >= 0.3 is 0 Å². The topological polar surface area (TPSA) is 12.0 Å². The number of rotatable bonds is 2. The molecule has 3 rings (SSSR count). The van der Waals surface area contributed by atoms with E-state index < -0.39 is 0 Å². The summed E-state index contributed by atoms with van der Waals surface area (Å²) in [5, 5.41) is 4.44. The summed E-state index contributed by atoms with van der Waals surface area (Å²) < 4.78 is 0. The summed E-state index contributed by atoms with van der Waals surface area (Å²) in [7, 11) is 0. The minimum atomic E-state index is 0.409. The molecule has 1 unspecified atom stereocenters. The van der Waals surface area contributed by atoms with E-state index in [9.17, 15) is 0 Å². The second kappa shape index (κ2) is 4.90. The first kappa shape index (κ1) is 12.6. The maximum absolute atomic E-state index is 6.09. The van der Waals surface area contributed by atoms with Gasteiger partial charge in [-0.15, -0.1) is 0 Å². The first-order valence-electron chi connectivity index (χ1n) is 6.75. The molecule has 2 aromatic carbocycles. The van der Waals surface area contributed by atoms with Gasteiger partial charge in [0.2, 0.25) is 0 Å². The van der Waals surface area contributed by atoms with Crippen LogP contribution in [-0.4, -0.2) is 0 Å². The third-order valence-corrected chi connectivity index (χ3v) is 4.14. The van der Waals surface area contributed by atoms with E-state index in [0.29, 0.717) is 6.04 Å². The molecule has 0 amide bonds. The van der Waals surface area contributed by atoms with E-state index in [2.05, 4.69) is 43.4 Å². The molecule has 0 heterocycles. The zero-order chi connectivity index (χ0) is 13.4. The van der Waals surface area contributed by atoms with Crippen molar-refractivity contribution >= 4 is 17.3 Å². The molecule has 98 valence electrons. The van der Waals surface area contributed by atoms with Gasteiger partial charge in [-0.05, 0) is 55.5 Å². The lowest BCUT2D eigenvalue weighted by Gasteiger charge is -2.18. The second-order valence-corrected chi connectivity index (χ2v) is 5.83. The van der Waals surface area contributed by atoms with Crippen molar-refractivity contribution < 1.29 is 0 Å². The molecule has 1 atom stereocenters. The molecule has 0 aliphatic heterocycles. The summed E-state index contributed by atoms with van der Waals surface area (Å²) in [6, 6.07) is 13.2. The van der Waals surface area contributed by atoms with Crippen LogP contribution in [0.5, 0.6) is 0 Å². The Labute approximate surface area is 119 Å². The average Bonchev–Trinajstić information content (AvgIpc) is 2.77. The Balaban J connectivity index is 1.90. The molecule has 19 heavy (non-hydrogen) atoms. The van der Waals surface area contributed by atoms with Gasteiger partial charge in [0, 0.05) is 10.7 Å². The molecule has 2 heteroatoms. The largest absolute Gasteiger partial charge is 0.378 e. The van der Waals surface area contributed by atoms with E-state index in [1.54, 1.807) is 0 Å². The highest BCUT2D eigenvalue weighted by Gasteiger charge is 2.22. The number of benzene rings is 2. The minimum Gasteiger partial charge on any atom is -0.378 e. The van der Waals surface area contributed by atoms with Crippen LogP contribution in [0, 0.1) is 13.8 Å². The molecule has 0 fully saturated rings. The number of hydrogen-bond donors (Lipinski definition) is 1. The molecule has 1 aliphatic carbocycles. The maximum atomic E-state index is 6.09. The van der Waals surface area contributed by atoms with E-state index in [1.165, 1.54) is 22.3 Å². The van der Waals surface area contributed by atoms with E-state index >= 15 is 0 Å². The zero-order valence-corrected chi connectivity index (χ0v) is 12.1. The van der Waals surface area contributed by atoms with Crippen molar-refractivity contribution in [3.63, 3.8) is 0 Å². The lowest BCUT2D eigenvalue weighted by molar-refractivity contribution is 0.761. The molecule has 0 saturated heterocycles. The summed E-state index contributed by atoms with van der Waals surface area (Å²) in [5.74, 6) is 0. The Morgan fingerprint density at radius 2 is 1.95 bits per heavy atom. The molecule has 1 N–H and O–H groups in total. The fourth-order valence-electron chi connectivity index (χ4n) is 2.81. The van der Waals surface area contributed by atoms with Crippen molar-refractivity contribution in [2.45, 2.75) is 32.7 Å². The number of anilines is 1. The third kappa shape index (κ3) is 2.48. The summed E-state index contributed by atoms with van der Waals surface area (Å²) in [6.45, 7) is 4.27. The number of nitrogens with one attached hydrogen (secondary N) is 1. The molecular weight excluding hydrogens is 254 g/mol. The van der Waals surface area contributed by atoms with E-state index in [4.69, 9.17) is 11.6 Å². The monoisotopic (exact) mass is 271 g/mol. The van der Waals surface area contributed by atoms with Gasteiger partial charge in [-0.1, -0.05) is 41.4 Å². The average molecular weight is 272 g/mol. The molecule has 0 radical (unpaired) electrons. The van der Waals surface area contributed by atoms with Gasteiger partial charge in [0.05, 0.1) is 6.04 Å². The summed E-state index contributed by atoms with van der Waals surface area (Å²) in [6.07, 6.45) is 2.32. The van der Waals surface area contributed by atoms with Crippen LogP contribution in [0.3, 0.4) is 0 Å². The van der Waals surface area contributed by atoms with Gasteiger partial charge in [-0.25, -0.2) is 0 Å². The van der Waals surface area contributed by atoms with Crippen molar-refractivity contribution in [2.75, 3.05) is 5.32 Å². The molecule has 0 saturated carbocycles. The number of hydrogen-bond acceptors (Lipinski definition) is 1. The highest BCUT2D eigenvalue weighted by molar-refractivity contribution is 6.30. The fraction of sp³-hybridized carbons (Fsp3) is 0.294. The fourth-order valence-corrected chi connectivity index (χ4v) is 2.98. The molecule has 0 aromatic heterocycles. The summed E-state index contributed by atoms with van der Waals surface area (Å²) in [4.78, 5) is 0. The van der Waals surface area contributed by atoms with Crippen molar-refractivity contribution in [3.8, 4) is 0 Å².